The van der Waals surface area contributed by atoms with Gasteiger partial charge in [0.05, 0.1) is 0 Å². The van der Waals surface area contributed by atoms with Gasteiger partial charge in [-0.25, -0.2) is 0 Å². The maximum absolute atomic E-state index is 2.32. The molecule has 0 saturated heterocycles. The molecule has 0 fully saturated rings. The molecule has 0 aromatic rings. The van der Waals surface area contributed by atoms with E-state index in [1.165, 1.54) is 0 Å². The van der Waals surface area contributed by atoms with E-state index in [-0.39, 0.29) is 23.7 Å². The Kier molecular flexibility index (Phi) is 1.81. The molecule has 0 spiro atoms. The molecule has 1 rings (SSSR count). The molecule has 0 aromatic carbocycles. The molecular formula is C5H5Pb. The molecule has 0 saturated carbocycles. The molecule has 1 aliphatic heterocycles. The summed E-state index contributed by atoms with van der Waals surface area (Å²) in [5.74, 6) is 0. The molecule has 6 heavy (non-hydrogen) atoms. The average molecular weight is 272 g/mol. The average Bonchev–Trinajstić information content (AvgIpc) is 1.72. The number of allylic oxidation sites excluding steroid dienone is 3. The fourth-order valence-corrected chi connectivity index (χ4v) is 2.50. The molecule has 0 aromatic heterocycles. The molecule has 0 unspecified atom stereocenters. The van der Waals surface area contributed by atoms with E-state index in [4.69, 9.17) is 0 Å². The van der Waals surface area contributed by atoms with Gasteiger partial charge in [-0.3, -0.25) is 0 Å². The third-order valence-electron chi connectivity index (χ3n) is 0.607. The van der Waals surface area contributed by atoms with Gasteiger partial charge in [0, 0.05) is 0 Å². The summed E-state index contributed by atoms with van der Waals surface area (Å²) in [4.78, 5) is 0. The molecule has 1 heteroatoms. The fourth-order valence-electron chi connectivity index (χ4n) is 0.342. The molecule has 1 radical (unpaired) electrons. The van der Waals surface area contributed by atoms with E-state index in [1.807, 2.05) is 0 Å². The Morgan fingerprint density at radius 1 is 1.00 bits per heavy atom. The van der Waals surface area contributed by atoms with Crippen LogP contribution in [0, 0.1) is 0 Å². The summed E-state index contributed by atoms with van der Waals surface area (Å²) in [5.41, 5.74) is 0. The Morgan fingerprint density at radius 3 is 2.17 bits per heavy atom. The second-order valence-corrected chi connectivity index (χ2v) is 4.96. The molecule has 0 amide bonds. The first-order valence-corrected chi connectivity index (χ1v) is 6.40. The van der Waals surface area contributed by atoms with Crippen LogP contribution in [-0.4, -0.2) is 27.3 Å². The minimum absolute atomic E-state index is 0.280. The van der Waals surface area contributed by atoms with E-state index in [2.05, 4.69) is 25.4 Å². The fraction of sp³-hybridized carbons (Fsp3) is 0. The zero-order chi connectivity index (χ0) is 4.24. The van der Waals surface area contributed by atoms with Crippen LogP contribution in [0.15, 0.2) is 21.9 Å². The van der Waals surface area contributed by atoms with Crippen LogP contribution in [0.3, 0.4) is 0 Å². The standard InChI is InChI=1S/C5H5.Pb/c1-3-5-4-2;/h1-5H;. The maximum atomic E-state index is 2.32. The SMILES string of the molecule is C1=C[CH]=[Pb][CH]=C1. The zero-order valence-electron chi connectivity index (χ0n) is 3.39. The van der Waals surface area contributed by atoms with Crippen LogP contribution >= 0.6 is 0 Å². The Morgan fingerprint density at radius 2 is 2.00 bits per heavy atom. The van der Waals surface area contributed by atoms with Crippen LogP contribution in [0.4, 0.5) is 0 Å². The van der Waals surface area contributed by atoms with Gasteiger partial charge in [0.25, 0.3) is 0 Å². The van der Waals surface area contributed by atoms with E-state index < -0.39 is 0 Å². The van der Waals surface area contributed by atoms with Crippen molar-refractivity contribution < 1.29 is 0 Å². The first-order valence-electron chi connectivity index (χ1n) is 1.91. The van der Waals surface area contributed by atoms with Crippen molar-refractivity contribution in [3.8, 4) is 0 Å². The van der Waals surface area contributed by atoms with Gasteiger partial charge >= 0.3 is 49.2 Å². The van der Waals surface area contributed by atoms with Crippen LogP contribution in [0.2, 0.25) is 0 Å². The van der Waals surface area contributed by atoms with Crippen molar-refractivity contribution in [3.05, 3.63) is 21.9 Å². The zero-order valence-corrected chi connectivity index (χ0v) is 7.27. The van der Waals surface area contributed by atoms with Gasteiger partial charge in [-0.15, -0.1) is 0 Å². The van der Waals surface area contributed by atoms with E-state index >= 15 is 0 Å². The second kappa shape index (κ2) is 2.45. The summed E-state index contributed by atoms with van der Waals surface area (Å²) in [6.07, 6.45) is 6.36. The quantitative estimate of drug-likeness (QED) is 0.566. The summed E-state index contributed by atoms with van der Waals surface area (Å²) in [6.45, 7) is 0. The normalized spacial score (nSPS) is 16.0. The number of rotatable bonds is 0. The van der Waals surface area contributed by atoms with Crippen molar-refractivity contribution in [2.75, 3.05) is 0 Å². The van der Waals surface area contributed by atoms with Gasteiger partial charge in [0.2, 0.25) is 0 Å². The van der Waals surface area contributed by atoms with E-state index in [9.17, 15) is 0 Å². The Balaban J connectivity index is 2.77. The third-order valence-corrected chi connectivity index (χ3v) is 3.60. The van der Waals surface area contributed by atoms with Crippen molar-refractivity contribution in [3.63, 3.8) is 0 Å². The summed E-state index contributed by atoms with van der Waals surface area (Å²) in [7, 11) is 0. The molecule has 0 N–H and O–H groups in total. The van der Waals surface area contributed by atoms with Crippen molar-refractivity contribution in [1.29, 1.82) is 0 Å². The van der Waals surface area contributed by atoms with Crippen molar-refractivity contribution in [2.24, 2.45) is 0 Å². The minimum atomic E-state index is -0.280. The molecular weight excluding hydrogens is 267 g/mol. The van der Waals surface area contributed by atoms with E-state index in [1.54, 1.807) is 0 Å². The summed E-state index contributed by atoms with van der Waals surface area (Å²) in [6, 6.07) is 0. The first kappa shape index (κ1) is 4.43. The first-order chi connectivity index (χ1) is 3.00. The van der Waals surface area contributed by atoms with E-state index in [0.29, 0.717) is 0 Å². The van der Waals surface area contributed by atoms with Crippen LogP contribution in [-0.2, 0) is 0 Å². The van der Waals surface area contributed by atoms with E-state index in [0.717, 1.165) is 0 Å². The van der Waals surface area contributed by atoms with Crippen molar-refractivity contribution >= 4 is 27.3 Å². The predicted octanol–water partition coefficient (Wildman–Crippen LogP) is 0.576. The van der Waals surface area contributed by atoms with Crippen molar-refractivity contribution in [2.45, 2.75) is 0 Å². The Bertz CT molecular complexity index is 73.3. The second-order valence-electron chi connectivity index (χ2n) is 1.08. The molecule has 1 heterocycles. The molecule has 0 atom stereocenters. The van der Waals surface area contributed by atoms with Gasteiger partial charge in [-0.05, 0) is 0 Å². The number of hydrogen-bond acceptors (Lipinski definition) is 0. The number of hydrogen-bond donors (Lipinski definition) is 0. The van der Waals surface area contributed by atoms with Crippen LogP contribution in [0.25, 0.3) is 0 Å². The van der Waals surface area contributed by atoms with Crippen LogP contribution < -0.4 is 0 Å². The summed E-state index contributed by atoms with van der Waals surface area (Å²) < 4.78 is 4.64. The van der Waals surface area contributed by atoms with Gasteiger partial charge in [-0.2, -0.15) is 0 Å². The molecule has 29 valence electrons. The summed E-state index contributed by atoms with van der Waals surface area (Å²) in [5, 5.41) is 0. The van der Waals surface area contributed by atoms with Gasteiger partial charge in [-0.1, -0.05) is 0 Å². The Hall–Kier alpha value is 0.272. The predicted molar refractivity (Wildman–Crippen MR) is 30.1 cm³/mol. The Labute approximate surface area is 49.2 Å². The molecule has 0 bridgehead atoms. The van der Waals surface area contributed by atoms with Crippen molar-refractivity contribution in [1.82, 2.24) is 0 Å². The monoisotopic (exact) mass is 273 g/mol. The van der Waals surface area contributed by atoms with Crippen LogP contribution in [0.5, 0.6) is 0 Å². The topological polar surface area (TPSA) is 0 Å². The molecule has 0 aliphatic carbocycles. The van der Waals surface area contributed by atoms with Gasteiger partial charge in [0.1, 0.15) is 0 Å². The van der Waals surface area contributed by atoms with Crippen LogP contribution in [0.1, 0.15) is 0 Å². The summed E-state index contributed by atoms with van der Waals surface area (Å²) >= 11 is -0.280. The molecule has 1 aliphatic rings. The third kappa shape index (κ3) is 1.16. The molecule has 0 nitrogen and oxygen atoms in total. The van der Waals surface area contributed by atoms with Gasteiger partial charge in [0.15, 0.2) is 0 Å². The van der Waals surface area contributed by atoms with Gasteiger partial charge < -0.3 is 0 Å².